The maximum Gasteiger partial charge on any atom is 0.329 e. The first kappa shape index (κ1) is 31.7. The molecule has 2 aliphatic heterocycles. The molecule has 2 amide bonds. The number of nitrogens with zero attached hydrogens (tertiary/aromatic N) is 3. The summed E-state index contributed by atoms with van der Waals surface area (Å²) in [5.41, 5.74) is 3.47. The summed E-state index contributed by atoms with van der Waals surface area (Å²) in [6, 6.07) is 22.5. The number of amides is 2. The molecule has 0 aliphatic carbocycles. The summed E-state index contributed by atoms with van der Waals surface area (Å²) < 4.78 is 35.2. The maximum atomic E-state index is 14.5. The summed E-state index contributed by atoms with van der Waals surface area (Å²) in [6.07, 6.45) is 0. The highest BCUT2D eigenvalue weighted by atomic mass is 35.5. The standard InChI is InChI=1S/C33H31Cl3N4O4S/c1-21-18-39(15-14-37-21)45(42,43)24-16-26(25-6-3-4-7-28(25)34)27-20-38(19-22-10-12-23(44-2)13-11-22)33(41)40(31(27)17-24)32-29(35)8-5-9-30(32)36/h3-13,16-17,21,37H,14-15,18-20H2,1-2H3. The van der Waals surface area contributed by atoms with Gasteiger partial charge in [-0.25, -0.2) is 13.2 Å². The molecule has 0 spiro atoms. The van der Waals surface area contributed by atoms with E-state index in [0.29, 0.717) is 52.8 Å². The van der Waals surface area contributed by atoms with Crippen LogP contribution in [0.5, 0.6) is 5.75 Å². The van der Waals surface area contributed by atoms with Crippen LogP contribution in [0.15, 0.2) is 83.8 Å². The number of rotatable bonds is 7. The van der Waals surface area contributed by atoms with Crippen molar-refractivity contribution in [3.8, 4) is 16.9 Å². The monoisotopic (exact) mass is 684 g/mol. The Balaban J connectivity index is 1.59. The molecule has 0 radical (unpaired) electrons. The van der Waals surface area contributed by atoms with E-state index < -0.39 is 16.1 Å². The van der Waals surface area contributed by atoms with E-state index in [9.17, 15) is 13.2 Å². The van der Waals surface area contributed by atoms with Gasteiger partial charge in [-0.2, -0.15) is 4.31 Å². The van der Waals surface area contributed by atoms with Gasteiger partial charge in [0, 0.05) is 48.4 Å². The molecule has 1 fully saturated rings. The Morgan fingerprint density at radius 2 is 1.60 bits per heavy atom. The Hall–Kier alpha value is -3.31. The minimum Gasteiger partial charge on any atom is -0.497 e. The molecular formula is C33H31Cl3N4O4S. The van der Waals surface area contributed by atoms with Crippen molar-refractivity contribution in [1.29, 1.82) is 0 Å². The fourth-order valence-electron chi connectivity index (χ4n) is 5.83. The molecule has 1 saturated heterocycles. The fraction of sp³-hybridized carbons (Fsp3) is 0.242. The number of piperazine rings is 1. The summed E-state index contributed by atoms with van der Waals surface area (Å²) in [7, 11) is -2.37. The van der Waals surface area contributed by atoms with Crippen molar-refractivity contribution in [2.24, 2.45) is 0 Å². The predicted molar refractivity (Wildman–Crippen MR) is 179 cm³/mol. The van der Waals surface area contributed by atoms with Crippen LogP contribution in [0, 0.1) is 0 Å². The predicted octanol–water partition coefficient (Wildman–Crippen LogP) is 7.58. The van der Waals surface area contributed by atoms with E-state index in [1.165, 1.54) is 9.21 Å². The lowest BCUT2D eigenvalue weighted by atomic mass is 9.95. The van der Waals surface area contributed by atoms with Crippen molar-refractivity contribution in [1.82, 2.24) is 14.5 Å². The van der Waals surface area contributed by atoms with Gasteiger partial charge in [0.25, 0.3) is 0 Å². The second kappa shape index (κ2) is 12.8. The highest BCUT2D eigenvalue weighted by Gasteiger charge is 2.38. The highest BCUT2D eigenvalue weighted by molar-refractivity contribution is 7.89. The molecule has 2 aliphatic rings. The Morgan fingerprint density at radius 1 is 0.911 bits per heavy atom. The molecule has 0 bridgehead atoms. The fourth-order valence-corrected chi connectivity index (χ4v) is 8.21. The van der Waals surface area contributed by atoms with Gasteiger partial charge in [0.1, 0.15) is 5.75 Å². The number of halogens is 3. The Labute approximate surface area is 278 Å². The van der Waals surface area contributed by atoms with Crippen molar-refractivity contribution in [2.45, 2.75) is 31.0 Å². The van der Waals surface area contributed by atoms with Gasteiger partial charge in [-0.3, -0.25) is 4.90 Å². The van der Waals surface area contributed by atoms with E-state index in [4.69, 9.17) is 39.5 Å². The number of carbonyl (C=O) groups is 1. The summed E-state index contributed by atoms with van der Waals surface area (Å²) in [5, 5.41) is 4.23. The largest absolute Gasteiger partial charge is 0.497 e. The van der Waals surface area contributed by atoms with Gasteiger partial charge in [-0.05, 0) is 60.5 Å². The third kappa shape index (κ3) is 6.13. The number of fused-ring (bicyclic) bond motifs is 1. The number of urea groups is 1. The number of hydrogen-bond acceptors (Lipinski definition) is 5. The van der Waals surface area contributed by atoms with Crippen LogP contribution in [-0.4, -0.2) is 56.4 Å². The van der Waals surface area contributed by atoms with Crippen LogP contribution in [0.3, 0.4) is 0 Å². The number of ether oxygens (including phenoxy) is 1. The molecule has 45 heavy (non-hydrogen) atoms. The molecule has 0 aromatic heterocycles. The Bertz CT molecular complexity index is 1850. The van der Waals surface area contributed by atoms with Gasteiger partial charge in [0.05, 0.1) is 40.0 Å². The topological polar surface area (TPSA) is 82.2 Å². The van der Waals surface area contributed by atoms with Crippen molar-refractivity contribution in [2.75, 3.05) is 31.6 Å². The number of hydrogen-bond donors (Lipinski definition) is 1. The number of sulfonamides is 1. The van der Waals surface area contributed by atoms with E-state index in [1.54, 1.807) is 48.4 Å². The van der Waals surface area contributed by atoms with Gasteiger partial charge in [0.15, 0.2) is 0 Å². The first-order chi connectivity index (χ1) is 21.6. The number of benzene rings is 4. The lowest BCUT2D eigenvalue weighted by Crippen LogP contribution is -2.51. The first-order valence-corrected chi connectivity index (χ1v) is 17.0. The van der Waals surface area contributed by atoms with E-state index >= 15 is 0 Å². The molecule has 1 unspecified atom stereocenters. The van der Waals surface area contributed by atoms with Crippen LogP contribution in [0.4, 0.5) is 16.2 Å². The van der Waals surface area contributed by atoms with E-state index in [1.807, 2.05) is 49.4 Å². The van der Waals surface area contributed by atoms with Gasteiger partial charge < -0.3 is 15.0 Å². The van der Waals surface area contributed by atoms with Crippen molar-refractivity contribution < 1.29 is 17.9 Å². The Kier molecular flexibility index (Phi) is 9.03. The van der Waals surface area contributed by atoms with E-state index in [2.05, 4.69) is 5.32 Å². The average molecular weight is 686 g/mol. The second-order valence-electron chi connectivity index (χ2n) is 11.1. The minimum atomic E-state index is -3.96. The lowest BCUT2D eigenvalue weighted by molar-refractivity contribution is 0.198. The minimum absolute atomic E-state index is 0.0132. The molecule has 4 aromatic carbocycles. The molecule has 0 saturated carbocycles. The van der Waals surface area contributed by atoms with Gasteiger partial charge in [-0.15, -0.1) is 0 Å². The van der Waals surface area contributed by atoms with Crippen LogP contribution < -0.4 is 15.0 Å². The number of nitrogens with one attached hydrogen (secondary N) is 1. The Morgan fingerprint density at radius 3 is 2.27 bits per heavy atom. The van der Waals surface area contributed by atoms with E-state index in [-0.39, 0.29) is 39.8 Å². The van der Waals surface area contributed by atoms with Crippen molar-refractivity contribution in [3.05, 3.63) is 105 Å². The van der Waals surface area contributed by atoms with Crippen LogP contribution in [0.1, 0.15) is 18.1 Å². The molecule has 234 valence electrons. The number of anilines is 2. The second-order valence-corrected chi connectivity index (χ2v) is 14.2. The summed E-state index contributed by atoms with van der Waals surface area (Å²) in [4.78, 5) is 17.6. The number of methoxy groups -OCH3 is 1. The number of para-hydroxylation sites is 1. The summed E-state index contributed by atoms with van der Waals surface area (Å²) in [5.74, 6) is 0.701. The molecule has 8 nitrogen and oxygen atoms in total. The van der Waals surface area contributed by atoms with Crippen LogP contribution in [-0.2, 0) is 23.1 Å². The number of carbonyl (C=O) groups excluding carboxylic acids is 1. The summed E-state index contributed by atoms with van der Waals surface area (Å²) >= 11 is 20.2. The van der Waals surface area contributed by atoms with E-state index in [0.717, 1.165) is 5.56 Å². The maximum absolute atomic E-state index is 14.5. The SMILES string of the molecule is COc1ccc(CN2Cc3c(-c4ccccc4Cl)cc(S(=O)(=O)N4CCNC(C)C4)cc3N(c3c(Cl)cccc3Cl)C2=O)cc1. The molecule has 1 atom stereocenters. The third-order valence-electron chi connectivity index (χ3n) is 8.08. The third-order valence-corrected chi connectivity index (χ3v) is 10.9. The zero-order chi connectivity index (χ0) is 31.9. The quantitative estimate of drug-likeness (QED) is 0.217. The van der Waals surface area contributed by atoms with Gasteiger partial charge >= 0.3 is 6.03 Å². The smallest absolute Gasteiger partial charge is 0.329 e. The molecule has 1 N–H and O–H groups in total. The molecule has 4 aromatic rings. The first-order valence-electron chi connectivity index (χ1n) is 14.4. The lowest BCUT2D eigenvalue weighted by Gasteiger charge is -2.39. The summed E-state index contributed by atoms with van der Waals surface area (Å²) in [6.45, 7) is 3.56. The van der Waals surface area contributed by atoms with Crippen LogP contribution in [0.25, 0.3) is 11.1 Å². The van der Waals surface area contributed by atoms with Crippen LogP contribution >= 0.6 is 34.8 Å². The average Bonchev–Trinajstić information content (AvgIpc) is 3.02. The molecule has 6 rings (SSSR count). The molecule has 2 heterocycles. The van der Waals surface area contributed by atoms with Gasteiger partial charge in [0.2, 0.25) is 10.0 Å². The highest BCUT2D eigenvalue weighted by Crippen LogP contribution is 2.47. The van der Waals surface area contributed by atoms with Crippen molar-refractivity contribution >= 4 is 62.2 Å². The molecule has 12 heteroatoms. The molecular weight excluding hydrogens is 655 g/mol. The van der Waals surface area contributed by atoms with Crippen LogP contribution in [0.2, 0.25) is 15.1 Å². The van der Waals surface area contributed by atoms with Gasteiger partial charge in [-0.1, -0.05) is 71.2 Å². The van der Waals surface area contributed by atoms with Crippen molar-refractivity contribution in [3.63, 3.8) is 0 Å². The normalized spacial score (nSPS) is 17.4. The zero-order valence-electron chi connectivity index (χ0n) is 24.6. The zero-order valence-corrected chi connectivity index (χ0v) is 27.7.